The molecule has 1 aromatic carbocycles. The summed E-state index contributed by atoms with van der Waals surface area (Å²) in [5, 5.41) is 16.6. The summed E-state index contributed by atoms with van der Waals surface area (Å²) in [4.78, 5) is 12.0. The standard InChI is InChI=1S/C15H15ClN4O/c1-10-15(16)11(2)20(19-10)8-7-14(21)18-13-6-4-3-5-12(13)9-17/h3-6H,7-8H2,1-2H3,(H,18,21). The lowest BCUT2D eigenvalue weighted by atomic mass is 10.2. The molecule has 0 aliphatic carbocycles. The molecule has 0 saturated heterocycles. The number of aryl methyl sites for hydroxylation is 2. The number of nitrogens with one attached hydrogen (secondary N) is 1. The van der Waals surface area contributed by atoms with E-state index < -0.39 is 0 Å². The largest absolute Gasteiger partial charge is 0.325 e. The Labute approximate surface area is 128 Å². The van der Waals surface area contributed by atoms with Crippen molar-refractivity contribution < 1.29 is 4.79 Å². The normalized spacial score (nSPS) is 10.2. The van der Waals surface area contributed by atoms with Gasteiger partial charge in [0.15, 0.2) is 0 Å². The summed E-state index contributed by atoms with van der Waals surface area (Å²) in [6.45, 7) is 4.14. The fourth-order valence-corrected chi connectivity index (χ4v) is 2.14. The zero-order valence-corrected chi connectivity index (χ0v) is 12.6. The number of halogens is 1. The molecule has 108 valence electrons. The van der Waals surface area contributed by atoms with E-state index in [-0.39, 0.29) is 12.3 Å². The molecule has 0 unspecified atom stereocenters. The number of carbonyl (C=O) groups is 1. The van der Waals surface area contributed by atoms with E-state index in [2.05, 4.69) is 10.4 Å². The SMILES string of the molecule is Cc1nn(CCC(=O)Nc2ccccc2C#N)c(C)c1Cl. The van der Waals surface area contributed by atoms with Gasteiger partial charge < -0.3 is 5.32 Å². The van der Waals surface area contributed by atoms with Crippen molar-refractivity contribution in [3.63, 3.8) is 0 Å². The van der Waals surface area contributed by atoms with Crippen molar-refractivity contribution in [2.45, 2.75) is 26.8 Å². The molecule has 0 radical (unpaired) electrons. The molecule has 0 fully saturated rings. The number of para-hydroxylation sites is 1. The average Bonchev–Trinajstić information content (AvgIpc) is 2.73. The molecule has 0 aliphatic heterocycles. The number of aromatic nitrogens is 2. The number of nitrogens with zero attached hydrogens (tertiary/aromatic N) is 3. The molecule has 21 heavy (non-hydrogen) atoms. The first kappa shape index (κ1) is 15.1. The van der Waals surface area contributed by atoms with E-state index in [9.17, 15) is 4.79 Å². The number of nitriles is 1. The number of rotatable bonds is 4. The van der Waals surface area contributed by atoms with E-state index in [1.54, 1.807) is 28.9 Å². The molecule has 1 heterocycles. The lowest BCUT2D eigenvalue weighted by Crippen LogP contribution is -2.16. The van der Waals surface area contributed by atoms with E-state index in [4.69, 9.17) is 16.9 Å². The van der Waals surface area contributed by atoms with Gasteiger partial charge in [0.25, 0.3) is 0 Å². The van der Waals surface area contributed by atoms with Crippen LogP contribution in [0.3, 0.4) is 0 Å². The van der Waals surface area contributed by atoms with Gasteiger partial charge in [-0.1, -0.05) is 23.7 Å². The maximum absolute atomic E-state index is 12.0. The number of amides is 1. The Morgan fingerprint density at radius 1 is 1.43 bits per heavy atom. The van der Waals surface area contributed by atoms with E-state index >= 15 is 0 Å². The molecular formula is C15H15ClN4O. The second-order valence-corrected chi connectivity index (χ2v) is 5.04. The molecule has 0 aliphatic rings. The molecule has 1 amide bonds. The van der Waals surface area contributed by atoms with Crippen LogP contribution in [0, 0.1) is 25.2 Å². The maximum atomic E-state index is 12.0. The number of hydrogen-bond donors (Lipinski definition) is 1. The molecule has 0 saturated carbocycles. The molecule has 2 aromatic rings. The van der Waals surface area contributed by atoms with Gasteiger partial charge >= 0.3 is 0 Å². The van der Waals surface area contributed by atoms with E-state index in [0.29, 0.717) is 22.8 Å². The Morgan fingerprint density at radius 2 is 2.14 bits per heavy atom. The van der Waals surface area contributed by atoms with Crippen molar-refractivity contribution in [2.24, 2.45) is 0 Å². The van der Waals surface area contributed by atoms with Gasteiger partial charge in [-0.15, -0.1) is 0 Å². The van der Waals surface area contributed by atoms with Crippen LogP contribution in [0.2, 0.25) is 5.02 Å². The lowest BCUT2D eigenvalue weighted by molar-refractivity contribution is -0.116. The summed E-state index contributed by atoms with van der Waals surface area (Å²) < 4.78 is 1.72. The first-order valence-electron chi connectivity index (χ1n) is 6.51. The van der Waals surface area contributed by atoms with Crippen molar-refractivity contribution in [1.29, 1.82) is 5.26 Å². The van der Waals surface area contributed by atoms with Gasteiger partial charge in [0, 0.05) is 6.42 Å². The third-order valence-corrected chi connectivity index (χ3v) is 3.71. The van der Waals surface area contributed by atoms with Gasteiger partial charge in [-0.05, 0) is 26.0 Å². The highest BCUT2D eigenvalue weighted by atomic mass is 35.5. The van der Waals surface area contributed by atoms with Crippen LogP contribution >= 0.6 is 11.6 Å². The lowest BCUT2D eigenvalue weighted by Gasteiger charge is -2.07. The minimum atomic E-state index is -0.165. The summed E-state index contributed by atoms with van der Waals surface area (Å²) in [6, 6.07) is 8.94. The maximum Gasteiger partial charge on any atom is 0.226 e. The second kappa shape index (κ2) is 6.42. The highest BCUT2D eigenvalue weighted by Crippen LogP contribution is 2.19. The third kappa shape index (κ3) is 3.41. The fraction of sp³-hybridized carbons (Fsp3) is 0.267. The molecular weight excluding hydrogens is 288 g/mol. The highest BCUT2D eigenvalue weighted by molar-refractivity contribution is 6.31. The second-order valence-electron chi connectivity index (χ2n) is 4.66. The third-order valence-electron chi connectivity index (χ3n) is 3.17. The van der Waals surface area contributed by atoms with Gasteiger partial charge in [0.1, 0.15) is 6.07 Å². The van der Waals surface area contributed by atoms with Crippen LogP contribution in [0.4, 0.5) is 5.69 Å². The van der Waals surface area contributed by atoms with Crippen LogP contribution in [0.1, 0.15) is 23.4 Å². The van der Waals surface area contributed by atoms with Crippen molar-refractivity contribution in [1.82, 2.24) is 9.78 Å². The van der Waals surface area contributed by atoms with Crippen LogP contribution in [0.25, 0.3) is 0 Å². The van der Waals surface area contributed by atoms with E-state index in [1.807, 2.05) is 19.9 Å². The van der Waals surface area contributed by atoms with Crippen LogP contribution in [0.15, 0.2) is 24.3 Å². The minimum absolute atomic E-state index is 0.165. The first-order chi connectivity index (χ1) is 10.0. The highest BCUT2D eigenvalue weighted by Gasteiger charge is 2.11. The Bertz CT molecular complexity index is 715. The van der Waals surface area contributed by atoms with Crippen LogP contribution in [-0.2, 0) is 11.3 Å². The predicted molar refractivity (Wildman–Crippen MR) is 81.1 cm³/mol. The van der Waals surface area contributed by atoms with Crippen LogP contribution in [-0.4, -0.2) is 15.7 Å². The Balaban J connectivity index is 1.99. The van der Waals surface area contributed by atoms with Gasteiger partial charge in [-0.2, -0.15) is 10.4 Å². The number of carbonyl (C=O) groups excluding carboxylic acids is 1. The number of hydrogen-bond acceptors (Lipinski definition) is 3. The Hall–Kier alpha value is -2.32. The van der Waals surface area contributed by atoms with Gasteiger partial charge in [-0.25, -0.2) is 0 Å². The quantitative estimate of drug-likeness (QED) is 0.943. The molecule has 0 atom stereocenters. The molecule has 0 bridgehead atoms. The molecule has 0 spiro atoms. The molecule has 5 nitrogen and oxygen atoms in total. The first-order valence-corrected chi connectivity index (χ1v) is 6.89. The zero-order chi connectivity index (χ0) is 15.4. The van der Waals surface area contributed by atoms with Crippen molar-refractivity contribution in [3.8, 4) is 6.07 Å². The summed E-state index contributed by atoms with van der Waals surface area (Å²) in [7, 11) is 0. The summed E-state index contributed by atoms with van der Waals surface area (Å²) in [5.74, 6) is -0.165. The van der Waals surface area contributed by atoms with Crippen LogP contribution in [0.5, 0.6) is 0 Å². The smallest absolute Gasteiger partial charge is 0.226 e. The summed E-state index contributed by atoms with van der Waals surface area (Å²) in [6.07, 6.45) is 0.262. The van der Waals surface area contributed by atoms with Crippen molar-refractivity contribution in [2.75, 3.05) is 5.32 Å². The minimum Gasteiger partial charge on any atom is -0.325 e. The number of benzene rings is 1. The Kier molecular flexibility index (Phi) is 4.61. The summed E-state index contributed by atoms with van der Waals surface area (Å²) >= 11 is 6.06. The molecule has 1 aromatic heterocycles. The van der Waals surface area contributed by atoms with E-state index in [0.717, 1.165) is 11.4 Å². The molecule has 6 heteroatoms. The fourth-order valence-electron chi connectivity index (χ4n) is 2.00. The van der Waals surface area contributed by atoms with E-state index in [1.165, 1.54) is 0 Å². The summed E-state index contributed by atoms with van der Waals surface area (Å²) in [5.41, 5.74) is 2.57. The molecule has 1 N–H and O–H groups in total. The predicted octanol–water partition coefficient (Wildman–Crippen LogP) is 3.05. The zero-order valence-electron chi connectivity index (χ0n) is 11.9. The Morgan fingerprint density at radius 3 is 2.76 bits per heavy atom. The average molecular weight is 303 g/mol. The van der Waals surface area contributed by atoms with Gasteiger partial charge in [-0.3, -0.25) is 9.48 Å². The van der Waals surface area contributed by atoms with Crippen molar-refractivity contribution in [3.05, 3.63) is 46.2 Å². The topological polar surface area (TPSA) is 70.7 Å². The van der Waals surface area contributed by atoms with Crippen LogP contribution < -0.4 is 5.32 Å². The number of anilines is 1. The molecule has 2 rings (SSSR count). The van der Waals surface area contributed by atoms with Crippen molar-refractivity contribution >= 4 is 23.2 Å². The van der Waals surface area contributed by atoms with Gasteiger partial charge in [0.05, 0.1) is 34.2 Å². The van der Waals surface area contributed by atoms with Gasteiger partial charge in [0.2, 0.25) is 5.91 Å². The monoisotopic (exact) mass is 302 g/mol.